The highest BCUT2D eigenvalue weighted by Crippen LogP contribution is 2.30. The molecular formula is C14H17ClFN3. The van der Waals surface area contributed by atoms with E-state index >= 15 is 0 Å². The van der Waals surface area contributed by atoms with Crippen molar-refractivity contribution < 1.29 is 4.39 Å². The number of halogens is 2. The summed E-state index contributed by atoms with van der Waals surface area (Å²) in [6, 6.07) is 6.45. The molecule has 0 bridgehead atoms. The lowest BCUT2D eigenvalue weighted by atomic mass is 10.0. The van der Waals surface area contributed by atoms with E-state index in [1.807, 2.05) is 4.90 Å². The Morgan fingerprint density at radius 1 is 1.47 bits per heavy atom. The monoisotopic (exact) mass is 281 g/mol. The second kappa shape index (κ2) is 5.87. The largest absolute Gasteiger partial charge is 0.301 e. The molecule has 1 aromatic carbocycles. The van der Waals surface area contributed by atoms with E-state index in [4.69, 9.17) is 11.6 Å². The van der Waals surface area contributed by atoms with Crippen LogP contribution < -0.4 is 0 Å². The number of hydrogen-bond donors (Lipinski definition) is 0. The highest BCUT2D eigenvalue weighted by atomic mass is 35.5. The van der Waals surface area contributed by atoms with Gasteiger partial charge in [0.2, 0.25) is 0 Å². The molecule has 1 aliphatic rings. The molecule has 1 saturated heterocycles. The molecule has 2 rings (SSSR count). The molecule has 0 aliphatic carbocycles. The van der Waals surface area contributed by atoms with Crippen molar-refractivity contribution in [3.63, 3.8) is 0 Å². The Morgan fingerprint density at radius 3 is 2.79 bits per heavy atom. The number of rotatable bonds is 2. The van der Waals surface area contributed by atoms with Gasteiger partial charge in [-0.3, -0.25) is 4.90 Å². The molecule has 1 fully saturated rings. The lowest BCUT2D eigenvalue weighted by Crippen LogP contribution is -2.50. The second-order valence-electron chi connectivity index (χ2n) is 4.99. The van der Waals surface area contributed by atoms with Gasteiger partial charge in [0.05, 0.1) is 6.07 Å². The molecule has 0 saturated carbocycles. The van der Waals surface area contributed by atoms with Crippen LogP contribution >= 0.6 is 11.6 Å². The van der Waals surface area contributed by atoms with Crippen molar-refractivity contribution >= 4 is 11.6 Å². The molecular weight excluding hydrogens is 265 g/mol. The third-order valence-electron chi connectivity index (χ3n) is 3.75. The van der Waals surface area contributed by atoms with Crippen LogP contribution in [0.2, 0.25) is 5.02 Å². The minimum Gasteiger partial charge on any atom is -0.301 e. The molecule has 1 aromatic rings. The first-order chi connectivity index (χ1) is 9.04. The van der Waals surface area contributed by atoms with Gasteiger partial charge in [0.15, 0.2) is 0 Å². The van der Waals surface area contributed by atoms with E-state index in [-0.39, 0.29) is 0 Å². The van der Waals surface area contributed by atoms with E-state index in [1.165, 1.54) is 6.07 Å². The van der Waals surface area contributed by atoms with Crippen molar-refractivity contribution in [1.29, 1.82) is 5.26 Å². The summed E-state index contributed by atoms with van der Waals surface area (Å²) in [4.78, 5) is 4.23. The van der Waals surface area contributed by atoms with Crippen LogP contribution in [0.4, 0.5) is 4.39 Å². The fourth-order valence-electron chi connectivity index (χ4n) is 2.41. The van der Waals surface area contributed by atoms with Crippen LogP contribution in [-0.2, 0) is 0 Å². The first kappa shape index (κ1) is 14.3. The van der Waals surface area contributed by atoms with Gasteiger partial charge in [-0.2, -0.15) is 5.26 Å². The van der Waals surface area contributed by atoms with E-state index in [2.05, 4.69) is 24.9 Å². The highest BCUT2D eigenvalue weighted by Gasteiger charge is 2.30. The number of hydrogen-bond acceptors (Lipinski definition) is 3. The molecule has 2 atom stereocenters. The number of piperazine rings is 1. The van der Waals surface area contributed by atoms with Gasteiger partial charge in [0.25, 0.3) is 0 Å². The maximum absolute atomic E-state index is 13.9. The Hall–Kier alpha value is -1.15. The van der Waals surface area contributed by atoms with Gasteiger partial charge in [0, 0.05) is 36.3 Å². The zero-order chi connectivity index (χ0) is 14.0. The smallest absolute Gasteiger partial charge is 0.130 e. The van der Waals surface area contributed by atoms with Gasteiger partial charge >= 0.3 is 0 Å². The van der Waals surface area contributed by atoms with Crippen molar-refractivity contribution in [3.8, 4) is 6.07 Å². The quantitative estimate of drug-likeness (QED) is 0.835. The Kier molecular flexibility index (Phi) is 4.41. The molecule has 0 spiro atoms. The molecule has 0 aromatic heterocycles. The summed E-state index contributed by atoms with van der Waals surface area (Å²) in [6.45, 7) is 4.44. The summed E-state index contributed by atoms with van der Waals surface area (Å²) in [5, 5.41) is 9.72. The van der Waals surface area contributed by atoms with Gasteiger partial charge in [-0.25, -0.2) is 4.39 Å². The molecule has 1 aliphatic heterocycles. The van der Waals surface area contributed by atoms with E-state index in [0.717, 1.165) is 19.6 Å². The maximum Gasteiger partial charge on any atom is 0.130 e. The predicted octanol–water partition coefficient (Wildman–Crippen LogP) is 2.68. The summed E-state index contributed by atoms with van der Waals surface area (Å²) < 4.78 is 13.9. The third-order valence-corrected chi connectivity index (χ3v) is 4.08. The summed E-state index contributed by atoms with van der Waals surface area (Å²) >= 11 is 6.06. The Bertz CT molecular complexity index is 480. The molecule has 2 unspecified atom stereocenters. The van der Waals surface area contributed by atoms with Crippen LogP contribution in [0.3, 0.4) is 0 Å². The zero-order valence-corrected chi connectivity index (χ0v) is 11.9. The average Bonchev–Trinajstić information content (AvgIpc) is 2.37. The van der Waals surface area contributed by atoms with Crippen LogP contribution in [0.25, 0.3) is 0 Å². The molecule has 0 N–H and O–H groups in total. The normalized spacial score (nSPS) is 23.0. The second-order valence-corrected chi connectivity index (χ2v) is 5.40. The molecule has 19 heavy (non-hydrogen) atoms. The van der Waals surface area contributed by atoms with Gasteiger partial charge in [-0.15, -0.1) is 0 Å². The first-order valence-electron chi connectivity index (χ1n) is 6.32. The zero-order valence-electron chi connectivity index (χ0n) is 11.1. The molecule has 5 heteroatoms. The summed E-state index contributed by atoms with van der Waals surface area (Å²) in [6.07, 6.45) is 0. The Balaban J connectivity index is 2.29. The number of likely N-dealkylation sites (N-methyl/N-ethyl adjacent to an activating group) is 1. The highest BCUT2D eigenvalue weighted by molar-refractivity contribution is 6.31. The fraction of sp³-hybridized carbons (Fsp3) is 0.500. The molecule has 102 valence electrons. The van der Waals surface area contributed by atoms with Crippen molar-refractivity contribution in [2.75, 3.05) is 26.7 Å². The number of nitrogens with zero attached hydrogens (tertiary/aromatic N) is 3. The summed E-state index contributed by atoms with van der Waals surface area (Å²) in [5.74, 6) is -0.411. The van der Waals surface area contributed by atoms with Crippen molar-refractivity contribution in [2.45, 2.75) is 19.0 Å². The standard InChI is InChI=1S/C14H17ClFN3/c1-10-9-19(7-6-18(10)2)13(8-17)14-11(15)4-3-5-12(14)16/h3-5,10,13H,6-7,9H2,1-2H3. The predicted molar refractivity (Wildman–Crippen MR) is 73.4 cm³/mol. The van der Waals surface area contributed by atoms with E-state index < -0.39 is 11.9 Å². The minimum atomic E-state index is -0.621. The van der Waals surface area contributed by atoms with Crippen LogP contribution in [0.1, 0.15) is 18.5 Å². The minimum absolute atomic E-state index is 0.295. The van der Waals surface area contributed by atoms with Gasteiger partial charge in [-0.05, 0) is 26.1 Å². The maximum atomic E-state index is 13.9. The summed E-state index contributed by atoms with van der Waals surface area (Å²) in [7, 11) is 2.06. The van der Waals surface area contributed by atoms with Crippen LogP contribution in [0.5, 0.6) is 0 Å². The average molecular weight is 282 g/mol. The Labute approximate surface area is 118 Å². The van der Waals surface area contributed by atoms with Gasteiger partial charge < -0.3 is 4.90 Å². The van der Waals surface area contributed by atoms with Crippen LogP contribution in [0, 0.1) is 17.1 Å². The summed E-state index contributed by atoms with van der Waals surface area (Å²) in [5.41, 5.74) is 0.295. The molecule has 0 amide bonds. The number of nitriles is 1. The SMILES string of the molecule is CC1CN(C(C#N)c2c(F)cccc2Cl)CCN1C. The molecule has 0 radical (unpaired) electrons. The van der Waals surface area contributed by atoms with E-state index in [1.54, 1.807) is 12.1 Å². The van der Waals surface area contributed by atoms with E-state index in [9.17, 15) is 9.65 Å². The van der Waals surface area contributed by atoms with Crippen molar-refractivity contribution in [2.24, 2.45) is 0 Å². The molecule has 1 heterocycles. The lowest BCUT2D eigenvalue weighted by molar-refractivity contribution is 0.0871. The van der Waals surface area contributed by atoms with Crippen molar-refractivity contribution in [1.82, 2.24) is 9.80 Å². The topological polar surface area (TPSA) is 30.3 Å². The van der Waals surface area contributed by atoms with Gasteiger partial charge in [0.1, 0.15) is 11.9 Å². The number of benzene rings is 1. The van der Waals surface area contributed by atoms with Crippen LogP contribution in [-0.4, -0.2) is 42.5 Å². The van der Waals surface area contributed by atoms with Gasteiger partial charge in [-0.1, -0.05) is 17.7 Å². The van der Waals surface area contributed by atoms with Crippen molar-refractivity contribution in [3.05, 3.63) is 34.6 Å². The molecule has 3 nitrogen and oxygen atoms in total. The Morgan fingerprint density at radius 2 is 2.21 bits per heavy atom. The first-order valence-corrected chi connectivity index (χ1v) is 6.70. The third kappa shape index (κ3) is 2.89. The van der Waals surface area contributed by atoms with Crippen LogP contribution in [0.15, 0.2) is 18.2 Å². The van der Waals surface area contributed by atoms with E-state index in [0.29, 0.717) is 16.6 Å². The fourth-order valence-corrected chi connectivity index (χ4v) is 2.68. The lowest BCUT2D eigenvalue weighted by Gasteiger charge is -2.39.